The van der Waals surface area contributed by atoms with Crippen LogP contribution in [0, 0.1) is 11.3 Å². The Bertz CT molecular complexity index is 185. The summed E-state index contributed by atoms with van der Waals surface area (Å²) in [5.74, 6) is 0.348. The monoisotopic (exact) mass is 216 g/mol. The van der Waals surface area contributed by atoms with Crippen LogP contribution >= 0.6 is 0 Å². The fraction of sp³-hybridized carbons (Fsp3) is 0.917. The molecular formula is C12H24O3. The molecule has 0 amide bonds. The lowest BCUT2D eigenvalue weighted by Crippen LogP contribution is -2.22. The molecule has 15 heavy (non-hydrogen) atoms. The molecule has 0 N–H and O–H groups in total. The molecule has 0 heterocycles. The van der Waals surface area contributed by atoms with Crippen molar-refractivity contribution in [1.82, 2.24) is 0 Å². The molecule has 0 aromatic rings. The Kier molecular flexibility index (Phi) is 6.37. The highest BCUT2D eigenvalue weighted by Gasteiger charge is 2.19. The van der Waals surface area contributed by atoms with Crippen LogP contribution in [0.25, 0.3) is 0 Å². The van der Waals surface area contributed by atoms with E-state index in [1.165, 1.54) is 0 Å². The lowest BCUT2D eigenvalue weighted by molar-refractivity contribution is 0.0219. The van der Waals surface area contributed by atoms with Crippen LogP contribution in [0.3, 0.4) is 0 Å². The number of hydrogen-bond acceptors (Lipinski definition) is 3. The van der Waals surface area contributed by atoms with Crippen molar-refractivity contribution in [3.8, 4) is 0 Å². The van der Waals surface area contributed by atoms with Crippen LogP contribution in [0.1, 0.15) is 47.5 Å². The molecule has 0 rings (SSSR count). The second-order valence-corrected chi connectivity index (χ2v) is 5.16. The van der Waals surface area contributed by atoms with E-state index >= 15 is 0 Å². The first kappa shape index (κ1) is 14.3. The van der Waals surface area contributed by atoms with Crippen molar-refractivity contribution < 1.29 is 14.3 Å². The molecule has 0 aliphatic heterocycles. The zero-order valence-corrected chi connectivity index (χ0v) is 10.6. The van der Waals surface area contributed by atoms with Crippen molar-refractivity contribution >= 4 is 6.16 Å². The quantitative estimate of drug-likeness (QED) is 0.636. The van der Waals surface area contributed by atoms with Gasteiger partial charge in [-0.25, -0.2) is 4.79 Å². The SMILES string of the molecule is CCCC(C)(C)COC(=O)OCC(C)C. The van der Waals surface area contributed by atoms with E-state index in [-0.39, 0.29) is 5.41 Å². The first-order chi connectivity index (χ1) is 6.87. The van der Waals surface area contributed by atoms with Gasteiger partial charge in [-0.3, -0.25) is 0 Å². The molecule has 0 aliphatic carbocycles. The summed E-state index contributed by atoms with van der Waals surface area (Å²) in [5.41, 5.74) is 0.0472. The van der Waals surface area contributed by atoms with Gasteiger partial charge >= 0.3 is 6.16 Å². The Morgan fingerprint density at radius 3 is 2.33 bits per heavy atom. The van der Waals surface area contributed by atoms with Gasteiger partial charge in [0.1, 0.15) is 6.61 Å². The summed E-state index contributed by atoms with van der Waals surface area (Å²) in [6.45, 7) is 11.1. The molecule has 0 fully saturated rings. The maximum Gasteiger partial charge on any atom is 0.508 e. The highest BCUT2D eigenvalue weighted by molar-refractivity contribution is 5.59. The second-order valence-electron chi connectivity index (χ2n) is 5.16. The Labute approximate surface area is 93.1 Å². The molecule has 90 valence electrons. The molecule has 0 unspecified atom stereocenters. The Morgan fingerprint density at radius 2 is 1.87 bits per heavy atom. The number of rotatable bonds is 6. The van der Waals surface area contributed by atoms with E-state index in [1.54, 1.807) is 0 Å². The minimum absolute atomic E-state index is 0.0472. The Morgan fingerprint density at radius 1 is 1.27 bits per heavy atom. The normalized spacial score (nSPS) is 11.6. The van der Waals surface area contributed by atoms with Crippen molar-refractivity contribution in [3.05, 3.63) is 0 Å². The van der Waals surface area contributed by atoms with E-state index in [4.69, 9.17) is 9.47 Å². The fourth-order valence-electron chi connectivity index (χ4n) is 1.28. The van der Waals surface area contributed by atoms with Gasteiger partial charge in [0, 0.05) is 0 Å². The highest BCUT2D eigenvalue weighted by Crippen LogP contribution is 2.22. The zero-order chi connectivity index (χ0) is 11.9. The highest BCUT2D eigenvalue weighted by atomic mass is 16.7. The minimum atomic E-state index is -0.548. The van der Waals surface area contributed by atoms with Crippen molar-refractivity contribution in [1.29, 1.82) is 0 Å². The van der Waals surface area contributed by atoms with Crippen LogP contribution in [0.2, 0.25) is 0 Å². The largest absolute Gasteiger partial charge is 0.508 e. The fourth-order valence-corrected chi connectivity index (χ4v) is 1.28. The first-order valence-electron chi connectivity index (χ1n) is 5.67. The number of ether oxygens (including phenoxy) is 2. The third-order valence-electron chi connectivity index (χ3n) is 2.04. The van der Waals surface area contributed by atoms with Crippen LogP contribution in [0.5, 0.6) is 0 Å². The molecule has 3 nitrogen and oxygen atoms in total. The molecule has 0 radical (unpaired) electrons. The Hall–Kier alpha value is -0.730. The van der Waals surface area contributed by atoms with E-state index in [0.717, 1.165) is 12.8 Å². The maximum absolute atomic E-state index is 11.2. The smallest absolute Gasteiger partial charge is 0.434 e. The van der Waals surface area contributed by atoms with Crippen LogP contribution in [-0.2, 0) is 9.47 Å². The molecule has 3 heteroatoms. The summed E-state index contributed by atoms with van der Waals surface area (Å²) in [4.78, 5) is 11.2. The topological polar surface area (TPSA) is 35.5 Å². The number of carbonyl (C=O) groups excluding carboxylic acids is 1. The van der Waals surface area contributed by atoms with Gasteiger partial charge in [0.2, 0.25) is 0 Å². The van der Waals surface area contributed by atoms with E-state index in [9.17, 15) is 4.79 Å². The van der Waals surface area contributed by atoms with Gasteiger partial charge < -0.3 is 9.47 Å². The molecule has 0 aromatic carbocycles. The summed E-state index contributed by atoms with van der Waals surface area (Å²) in [6.07, 6.45) is 1.59. The van der Waals surface area contributed by atoms with Gasteiger partial charge in [-0.2, -0.15) is 0 Å². The average Bonchev–Trinajstić information content (AvgIpc) is 2.11. The van der Waals surface area contributed by atoms with E-state index in [0.29, 0.717) is 19.1 Å². The summed E-state index contributed by atoms with van der Waals surface area (Å²) < 4.78 is 9.96. The molecule has 0 atom stereocenters. The van der Waals surface area contributed by atoms with Crippen molar-refractivity contribution in [2.75, 3.05) is 13.2 Å². The third-order valence-corrected chi connectivity index (χ3v) is 2.04. The molecule has 0 spiro atoms. The average molecular weight is 216 g/mol. The van der Waals surface area contributed by atoms with E-state index in [1.807, 2.05) is 13.8 Å². The first-order valence-corrected chi connectivity index (χ1v) is 5.67. The lowest BCUT2D eigenvalue weighted by atomic mass is 9.89. The summed E-state index contributed by atoms with van der Waals surface area (Å²) in [5, 5.41) is 0. The lowest BCUT2D eigenvalue weighted by Gasteiger charge is -2.23. The van der Waals surface area contributed by atoms with Gasteiger partial charge in [-0.1, -0.05) is 41.0 Å². The Balaban J connectivity index is 3.70. The predicted octanol–water partition coefficient (Wildman–Crippen LogP) is 3.62. The third kappa shape index (κ3) is 8.28. The van der Waals surface area contributed by atoms with Gasteiger partial charge in [0.15, 0.2) is 0 Å². The standard InChI is InChI=1S/C12H24O3/c1-6-7-12(4,5)9-15-11(13)14-8-10(2)3/h10H,6-9H2,1-5H3. The summed E-state index contributed by atoms with van der Waals surface area (Å²) in [7, 11) is 0. The van der Waals surface area contributed by atoms with Crippen LogP contribution in [0.4, 0.5) is 4.79 Å². The predicted molar refractivity (Wildman–Crippen MR) is 60.8 cm³/mol. The molecular weight excluding hydrogens is 192 g/mol. The molecule has 0 bridgehead atoms. The second kappa shape index (κ2) is 6.70. The van der Waals surface area contributed by atoms with Gasteiger partial charge in [-0.15, -0.1) is 0 Å². The van der Waals surface area contributed by atoms with Crippen molar-refractivity contribution in [3.63, 3.8) is 0 Å². The van der Waals surface area contributed by atoms with Gasteiger partial charge in [0.05, 0.1) is 6.61 Å². The molecule has 0 saturated carbocycles. The maximum atomic E-state index is 11.2. The van der Waals surface area contributed by atoms with Gasteiger partial charge in [-0.05, 0) is 17.8 Å². The van der Waals surface area contributed by atoms with E-state index < -0.39 is 6.16 Å². The minimum Gasteiger partial charge on any atom is -0.434 e. The van der Waals surface area contributed by atoms with Crippen LogP contribution < -0.4 is 0 Å². The number of carbonyl (C=O) groups is 1. The van der Waals surface area contributed by atoms with Gasteiger partial charge in [0.25, 0.3) is 0 Å². The molecule has 0 saturated heterocycles. The summed E-state index contributed by atoms with van der Waals surface area (Å²) in [6, 6.07) is 0. The van der Waals surface area contributed by atoms with Crippen LogP contribution in [-0.4, -0.2) is 19.4 Å². The van der Waals surface area contributed by atoms with Crippen molar-refractivity contribution in [2.45, 2.75) is 47.5 Å². The van der Waals surface area contributed by atoms with Crippen LogP contribution in [0.15, 0.2) is 0 Å². The number of hydrogen-bond donors (Lipinski definition) is 0. The molecule has 0 aliphatic rings. The van der Waals surface area contributed by atoms with Crippen molar-refractivity contribution in [2.24, 2.45) is 11.3 Å². The zero-order valence-electron chi connectivity index (χ0n) is 10.6. The molecule has 0 aromatic heterocycles. The summed E-state index contributed by atoms with van der Waals surface area (Å²) >= 11 is 0. The van der Waals surface area contributed by atoms with E-state index in [2.05, 4.69) is 20.8 Å².